The summed E-state index contributed by atoms with van der Waals surface area (Å²) in [6, 6.07) is 5.47. The summed E-state index contributed by atoms with van der Waals surface area (Å²) in [7, 11) is 6.80. The molecule has 2 fully saturated rings. The highest BCUT2D eigenvalue weighted by atomic mass is 35.5. The van der Waals surface area contributed by atoms with Gasteiger partial charge in [-0.1, -0.05) is 23.2 Å². The lowest BCUT2D eigenvalue weighted by Crippen LogP contribution is -2.53. The van der Waals surface area contributed by atoms with Crippen molar-refractivity contribution in [3.8, 4) is 28.7 Å². The van der Waals surface area contributed by atoms with Crippen LogP contribution in [-0.4, -0.2) is 108 Å². The number of hydrogen-bond donors (Lipinski definition) is 1. The Morgan fingerprint density at radius 2 is 1.72 bits per heavy atom. The number of aryl methyl sites for hydroxylation is 1. The second-order valence-electron chi connectivity index (χ2n) is 13.5. The highest BCUT2D eigenvalue weighted by molar-refractivity contribution is 6.41. The maximum atomic E-state index is 14.2. The summed E-state index contributed by atoms with van der Waals surface area (Å²) in [6.07, 6.45) is 6.72. The summed E-state index contributed by atoms with van der Waals surface area (Å²) in [4.78, 5) is 43.1. The summed E-state index contributed by atoms with van der Waals surface area (Å²) in [5, 5.41) is 14.0. The molecule has 2 aromatic heterocycles. The van der Waals surface area contributed by atoms with Crippen LogP contribution in [0.3, 0.4) is 0 Å². The molecule has 4 heterocycles. The molecule has 0 atom stereocenters. The molecule has 1 aromatic carbocycles. The van der Waals surface area contributed by atoms with Gasteiger partial charge in [-0.25, -0.2) is 4.98 Å². The van der Waals surface area contributed by atoms with Gasteiger partial charge in [0.1, 0.15) is 28.8 Å². The van der Waals surface area contributed by atoms with Crippen molar-refractivity contribution in [1.82, 2.24) is 29.2 Å². The van der Waals surface area contributed by atoms with E-state index in [0.717, 1.165) is 45.4 Å². The fraction of sp³-hybridized carbons (Fsp3) is 0.528. The molecule has 5 rings (SSSR count). The van der Waals surface area contributed by atoms with Crippen LogP contribution >= 0.6 is 23.2 Å². The summed E-state index contributed by atoms with van der Waals surface area (Å²) in [5.41, 5.74) is 0.611. The fourth-order valence-electron chi connectivity index (χ4n) is 6.89. The van der Waals surface area contributed by atoms with Gasteiger partial charge < -0.3 is 24.6 Å². The summed E-state index contributed by atoms with van der Waals surface area (Å²) >= 11 is 13.5. The van der Waals surface area contributed by atoms with E-state index in [2.05, 4.69) is 52.0 Å². The Hall–Kier alpha value is -3.89. The predicted octanol–water partition coefficient (Wildman–Crippen LogP) is 5.32. The van der Waals surface area contributed by atoms with Crippen LogP contribution in [-0.2, 0) is 11.3 Å². The predicted molar refractivity (Wildman–Crippen MR) is 197 cm³/mol. The second-order valence-corrected chi connectivity index (χ2v) is 14.3. The number of halogens is 2. The molecule has 0 spiro atoms. The zero-order valence-electron chi connectivity index (χ0n) is 29.7. The maximum absolute atomic E-state index is 14.2. The monoisotopic (exact) mass is 724 g/mol. The number of carbonyl (C=O) groups excluding carboxylic acids is 1. The summed E-state index contributed by atoms with van der Waals surface area (Å²) in [5.74, 6) is 1.23. The summed E-state index contributed by atoms with van der Waals surface area (Å²) in [6.45, 7) is 9.43. The Balaban J connectivity index is 1.30. The zero-order valence-corrected chi connectivity index (χ0v) is 31.2. The van der Waals surface area contributed by atoms with Crippen LogP contribution in [0, 0.1) is 17.2 Å². The van der Waals surface area contributed by atoms with Crippen molar-refractivity contribution < 1.29 is 14.3 Å². The van der Waals surface area contributed by atoms with Gasteiger partial charge in [-0.05, 0) is 64.6 Å². The SMILES string of the molecule is CNc1ncc2cc(-c3c(Cl)c(OC)cc(OC)c3Cl)c(=O)n(CCCC3CCN(C(=O)C(C#N)=CC(C)(C)N4CCN(C)CC4)CC3)c2n1. The lowest BCUT2D eigenvalue weighted by Gasteiger charge is -2.42. The van der Waals surface area contributed by atoms with Gasteiger partial charge in [0, 0.05) is 81.6 Å². The molecule has 14 heteroatoms. The van der Waals surface area contributed by atoms with Gasteiger partial charge in [0.25, 0.3) is 11.5 Å². The average Bonchev–Trinajstić information content (AvgIpc) is 3.12. The van der Waals surface area contributed by atoms with Crippen LogP contribution in [0.5, 0.6) is 11.5 Å². The molecule has 0 aliphatic carbocycles. The van der Waals surface area contributed by atoms with Gasteiger partial charge in [0.05, 0.1) is 29.8 Å². The Morgan fingerprint density at radius 1 is 1.08 bits per heavy atom. The normalized spacial score (nSPS) is 16.8. The van der Waals surface area contributed by atoms with E-state index in [1.54, 1.807) is 34.8 Å². The number of hydrogen-bond acceptors (Lipinski definition) is 10. The van der Waals surface area contributed by atoms with E-state index in [-0.39, 0.29) is 32.6 Å². The molecular weight excluding hydrogens is 679 g/mol. The third kappa shape index (κ3) is 7.86. The number of rotatable bonds is 11. The number of likely N-dealkylation sites (N-methyl/N-ethyl adjacent to an activating group) is 1. The van der Waals surface area contributed by atoms with Crippen LogP contribution < -0.4 is 20.3 Å². The number of aromatic nitrogens is 3. The van der Waals surface area contributed by atoms with Crippen LogP contribution in [0.4, 0.5) is 5.95 Å². The number of nitriles is 1. The van der Waals surface area contributed by atoms with E-state index in [1.165, 1.54) is 14.2 Å². The molecule has 0 unspecified atom stereocenters. The van der Waals surface area contributed by atoms with E-state index in [1.807, 2.05) is 6.08 Å². The molecule has 0 saturated carbocycles. The number of likely N-dealkylation sites (tertiary alicyclic amines) is 1. The molecule has 3 aromatic rings. The number of anilines is 1. The standard InChI is InChI=1S/C36H46Cl2N8O4/c1-36(2,45-16-14-43(4)15-17-45)20-25(21-39)33(47)44-12-9-23(10-13-44)8-7-11-46-32-24(22-41-35(40-3)42-32)18-26(34(46)48)29-30(37)27(49-5)19-28(50-6)31(29)38/h18-20,22-23H,7-17H2,1-6H3,(H,40,41,42). The first-order valence-corrected chi connectivity index (χ1v) is 17.7. The number of ether oxygens (including phenoxy) is 2. The largest absolute Gasteiger partial charge is 0.495 e. The first-order valence-electron chi connectivity index (χ1n) is 17.0. The quantitative estimate of drug-likeness (QED) is 0.205. The smallest absolute Gasteiger partial charge is 0.264 e. The molecular formula is C36H46Cl2N8O4. The highest BCUT2D eigenvalue weighted by Gasteiger charge is 2.31. The molecule has 0 radical (unpaired) electrons. The number of pyridine rings is 1. The number of nitrogens with one attached hydrogen (secondary N) is 1. The topological polar surface area (TPSA) is 129 Å². The van der Waals surface area contributed by atoms with Crippen molar-refractivity contribution in [2.24, 2.45) is 5.92 Å². The first kappa shape index (κ1) is 37.4. The second kappa shape index (κ2) is 16.0. The van der Waals surface area contributed by atoms with Crippen molar-refractivity contribution in [2.75, 3.05) is 72.9 Å². The van der Waals surface area contributed by atoms with E-state index in [4.69, 9.17) is 32.7 Å². The lowest BCUT2D eigenvalue weighted by atomic mass is 9.91. The van der Waals surface area contributed by atoms with E-state index >= 15 is 0 Å². The van der Waals surface area contributed by atoms with E-state index in [0.29, 0.717) is 66.0 Å². The maximum Gasteiger partial charge on any atom is 0.264 e. The number of carbonyl (C=O) groups is 1. The summed E-state index contributed by atoms with van der Waals surface area (Å²) < 4.78 is 12.6. The van der Waals surface area contributed by atoms with Crippen LogP contribution in [0.15, 0.2) is 34.8 Å². The number of fused-ring (bicyclic) bond motifs is 1. The number of nitrogens with zero attached hydrogens (tertiary/aromatic N) is 7. The van der Waals surface area contributed by atoms with Crippen molar-refractivity contribution >= 4 is 46.1 Å². The molecule has 50 heavy (non-hydrogen) atoms. The zero-order chi connectivity index (χ0) is 36.2. The molecule has 0 bridgehead atoms. The van der Waals surface area contributed by atoms with E-state index < -0.39 is 5.54 Å². The molecule has 12 nitrogen and oxygen atoms in total. The first-order chi connectivity index (χ1) is 23.9. The Bertz CT molecular complexity index is 1830. The van der Waals surface area contributed by atoms with Gasteiger partial charge in [0.15, 0.2) is 0 Å². The fourth-order valence-corrected chi connectivity index (χ4v) is 7.59. The molecule has 268 valence electrons. The van der Waals surface area contributed by atoms with Crippen molar-refractivity contribution in [2.45, 2.75) is 51.6 Å². The molecule has 2 aliphatic rings. The Kier molecular flexibility index (Phi) is 11.9. The van der Waals surface area contributed by atoms with Gasteiger partial charge >= 0.3 is 0 Å². The molecule has 1 amide bonds. The number of methoxy groups -OCH3 is 2. The van der Waals surface area contributed by atoms with E-state index in [9.17, 15) is 14.9 Å². The molecule has 1 N–H and O–H groups in total. The van der Waals surface area contributed by atoms with Gasteiger partial charge in [0.2, 0.25) is 5.95 Å². The third-order valence-electron chi connectivity index (χ3n) is 9.96. The number of benzene rings is 1. The van der Waals surface area contributed by atoms with Gasteiger partial charge in [-0.3, -0.25) is 19.1 Å². The minimum absolute atomic E-state index is 0.200. The number of piperidine rings is 1. The van der Waals surface area contributed by atoms with Gasteiger partial charge in [-0.2, -0.15) is 10.2 Å². The van der Waals surface area contributed by atoms with Crippen molar-refractivity contribution in [3.63, 3.8) is 0 Å². The molecule has 2 saturated heterocycles. The highest BCUT2D eigenvalue weighted by Crippen LogP contribution is 2.45. The van der Waals surface area contributed by atoms with Crippen LogP contribution in [0.1, 0.15) is 39.5 Å². The third-order valence-corrected chi connectivity index (χ3v) is 10.7. The lowest BCUT2D eigenvalue weighted by molar-refractivity contribution is -0.128. The average molecular weight is 726 g/mol. The molecule has 2 aliphatic heterocycles. The minimum Gasteiger partial charge on any atom is -0.495 e. The van der Waals surface area contributed by atoms with Gasteiger partial charge in [-0.15, -0.1) is 0 Å². The van der Waals surface area contributed by atoms with Crippen molar-refractivity contribution in [3.05, 3.63) is 50.4 Å². The van der Waals surface area contributed by atoms with Crippen LogP contribution in [0.2, 0.25) is 10.0 Å². The number of piperazine rings is 1. The Morgan fingerprint density at radius 3 is 2.30 bits per heavy atom. The number of amides is 1. The minimum atomic E-state index is -0.395. The van der Waals surface area contributed by atoms with Crippen molar-refractivity contribution in [1.29, 1.82) is 5.26 Å². The Labute approximate surface area is 303 Å². The van der Waals surface area contributed by atoms with Crippen LogP contribution in [0.25, 0.3) is 22.2 Å².